The lowest BCUT2D eigenvalue weighted by molar-refractivity contribution is -0.0570. The molecule has 124 valence electrons. The van der Waals surface area contributed by atoms with Gasteiger partial charge in [-0.3, -0.25) is 0 Å². The van der Waals surface area contributed by atoms with Gasteiger partial charge in [-0.1, -0.05) is 41.5 Å². The van der Waals surface area contributed by atoms with Crippen LogP contribution in [0, 0.1) is 12.0 Å². The van der Waals surface area contributed by atoms with Crippen molar-refractivity contribution in [2.75, 3.05) is 6.61 Å². The highest BCUT2D eigenvalue weighted by Crippen LogP contribution is 2.34. The molecule has 0 saturated carbocycles. The quantitative estimate of drug-likeness (QED) is 0.432. The van der Waals surface area contributed by atoms with Crippen LogP contribution >= 0.6 is 0 Å². The lowest BCUT2D eigenvalue weighted by atomic mass is 10.3. The van der Waals surface area contributed by atoms with E-state index in [0.717, 1.165) is 0 Å². The van der Waals surface area contributed by atoms with Gasteiger partial charge in [0.15, 0.2) is 18.1 Å². The molecule has 0 heterocycles. The highest BCUT2D eigenvalue weighted by atomic mass is 28.3. The molecule has 0 aromatic heterocycles. The van der Waals surface area contributed by atoms with Crippen LogP contribution in [0.5, 0.6) is 0 Å². The Morgan fingerprint density at radius 1 is 0.810 bits per heavy atom. The molecule has 0 spiro atoms. The van der Waals surface area contributed by atoms with Gasteiger partial charge in [-0.2, -0.15) is 0 Å². The molecule has 0 rings (SSSR count). The van der Waals surface area contributed by atoms with Gasteiger partial charge in [0.1, 0.15) is 6.11 Å². The summed E-state index contributed by atoms with van der Waals surface area (Å²) in [6, 6.07) is 0. The second-order valence-corrected chi connectivity index (χ2v) is 14.4. The van der Waals surface area contributed by atoms with Gasteiger partial charge in [-0.05, 0) is 30.1 Å². The van der Waals surface area contributed by atoms with Crippen LogP contribution in [-0.4, -0.2) is 30.5 Å². The molecular weight excluding hydrogens is 296 g/mol. The van der Waals surface area contributed by atoms with Crippen molar-refractivity contribution in [3.63, 3.8) is 0 Å². The van der Waals surface area contributed by atoms with E-state index in [9.17, 15) is 0 Å². The minimum Gasteiger partial charge on any atom is -0.447 e. The van der Waals surface area contributed by atoms with E-state index in [4.69, 9.17) is 13.6 Å². The summed E-state index contributed by atoms with van der Waals surface area (Å²) in [4.78, 5) is 0. The van der Waals surface area contributed by atoms with E-state index in [1.807, 2.05) is 13.8 Å². The third kappa shape index (κ3) is 8.05. The van der Waals surface area contributed by atoms with Gasteiger partial charge in [0.2, 0.25) is 5.79 Å². The number of ether oxygens (including phenoxy) is 1. The van der Waals surface area contributed by atoms with Gasteiger partial charge in [-0.15, -0.1) is 0 Å². The fourth-order valence-corrected chi connectivity index (χ4v) is 3.71. The molecule has 0 radical (unpaired) electrons. The van der Waals surface area contributed by atoms with Crippen molar-refractivity contribution in [3.8, 4) is 12.0 Å². The van der Waals surface area contributed by atoms with Crippen LogP contribution in [0.1, 0.15) is 55.4 Å². The van der Waals surface area contributed by atoms with Gasteiger partial charge < -0.3 is 13.6 Å². The largest absolute Gasteiger partial charge is 0.447 e. The molecule has 0 aliphatic rings. The lowest BCUT2D eigenvalue weighted by Gasteiger charge is -2.38. The minimum absolute atomic E-state index is 0.171. The van der Waals surface area contributed by atoms with Crippen LogP contribution in [0.2, 0.25) is 23.2 Å². The summed E-state index contributed by atoms with van der Waals surface area (Å²) in [5, 5.41) is 0.342. The monoisotopic (exact) mass is 330 g/mol. The molecule has 0 saturated heterocycles. The summed E-state index contributed by atoms with van der Waals surface area (Å²) < 4.78 is 17.8. The molecule has 0 aliphatic carbocycles. The average molecular weight is 331 g/mol. The summed E-state index contributed by atoms with van der Waals surface area (Å²) in [6.07, 6.45) is 2.73. The van der Waals surface area contributed by atoms with E-state index in [1.165, 1.54) is 0 Å². The van der Waals surface area contributed by atoms with Gasteiger partial charge in [0.25, 0.3) is 0 Å². The molecule has 0 fully saturated rings. The maximum Gasteiger partial charge on any atom is 0.214 e. The third-order valence-electron chi connectivity index (χ3n) is 3.74. The van der Waals surface area contributed by atoms with Crippen molar-refractivity contribution < 1.29 is 13.6 Å². The van der Waals surface area contributed by atoms with Crippen molar-refractivity contribution in [2.45, 2.75) is 84.3 Å². The molecule has 2 atom stereocenters. The first-order chi connectivity index (χ1) is 9.32. The highest BCUT2D eigenvalue weighted by Gasteiger charge is 2.37. The zero-order valence-electron chi connectivity index (χ0n) is 15.6. The molecule has 0 aromatic rings. The Bertz CT molecular complexity index is 350. The lowest BCUT2D eigenvalue weighted by Crippen LogP contribution is -2.45. The predicted octanol–water partition coefficient (Wildman–Crippen LogP) is 4.04. The molecule has 21 heavy (non-hydrogen) atoms. The first-order valence-corrected chi connectivity index (χ1v) is 12.2. The summed E-state index contributed by atoms with van der Waals surface area (Å²) in [7, 11) is -2.88. The molecule has 0 aliphatic heterocycles. The second-order valence-electron chi connectivity index (χ2n) is 7.86. The maximum absolute atomic E-state index is 6.31. The Morgan fingerprint density at radius 2 is 1.19 bits per heavy atom. The first-order valence-electron chi connectivity index (χ1n) is 7.81. The van der Waals surface area contributed by atoms with Gasteiger partial charge in [-0.25, -0.2) is 0 Å². The topological polar surface area (TPSA) is 27.7 Å². The fourth-order valence-electron chi connectivity index (χ4n) is 1.32. The summed E-state index contributed by atoms with van der Waals surface area (Å²) in [5.74, 6) is 2.20. The fraction of sp³-hybridized carbons (Fsp3) is 0.875. The van der Waals surface area contributed by atoms with E-state index < -0.39 is 23.9 Å². The highest BCUT2D eigenvalue weighted by molar-refractivity contribution is 6.55. The Labute approximate surface area is 135 Å². The molecule has 0 bridgehead atoms. The number of hydrogen-bond donors (Lipinski definition) is 0. The smallest absolute Gasteiger partial charge is 0.214 e. The Balaban J connectivity index is 5.16. The van der Waals surface area contributed by atoms with Crippen LogP contribution in [-0.2, 0) is 13.6 Å². The van der Waals surface area contributed by atoms with Gasteiger partial charge in [0, 0.05) is 12.8 Å². The van der Waals surface area contributed by atoms with E-state index in [1.54, 1.807) is 0 Å². The van der Waals surface area contributed by atoms with E-state index in [0.29, 0.717) is 6.61 Å². The van der Waals surface area contributed by atoms with E-state index in [-0.39, 0.29) is 10.1 Å². The summed E-state index contributed by atoms with van der Waals surface area (Å²) >= 11 is 0. The Morgan fingerprint density at radius 3 is 1.48 bits per heavy atom. The van der Waals surface area contributed by atoms with Crippen molar-refractivity contribution in [2.24, 2.45) is 0 Å². The number of hydrogen-bond acceptors (Lipinski definition) is 3. The Kier molecular flexibility index (Phi) is 7.71. The van der Waals surface area contributed by atoms with Gasteiger partial charge in [0.05, 0.1) is 6.61 Å². The van der Waals surface area contributed by atoms with E-state index >= 15 is 0 Å². The predicted molar refractivity (Wildman–Crippen MR) is 95.4 cm³/mol. The van der Waals surface area contributed by atoms with Crippen molar-refractivity contribution in [1.29, 1.82) is 0 Å². The molecule has 0 N–H and O–H groups in total. The normalized spacial score (nSPS) is 18.2. The van der Waals surface area contributed by atoms with Crippen molar-refractivity contribution in [3.05, 3.63) is 0 Å². The zero-order valence-corrected chi connectivity index (χ0v) is 17.9. The van der Waals surface area contributed by atoms with Crippen LogP contribution in [0.15, 0.2) is 0 Å². The summed E-state index contributed by atoms with van der Waals surface area (Å²) in [5.41, 5.74) is 0. The Hall–Kier alpha value is -0.286. The van der Waals surface area contributed by atoms with Crippen LogP contribution < -0.4 is 0 Å². The standard InChI is InChI=1S/C16H34O3Si2/c1-11-17-13-12-16(8,18-20(9)14(2,3)4)19-21(10)15(5,6)7/h20-21H,11H2,1-10H3. The van der Waals surface area contributed by atoms with E-state index in [2.05, 4.69) is 66.7 Å². The van der Waals surface area contributed by atoms with Gasteiger partial charge >= 0.3 is 0 Å². The molecule has 5 heteroatoms. The molecular formula is C16H34O3Si2. The first kappa shape index (κ1) is 20.7. The minimum atomic E-state index is -1.44. The van der Waals surface area contributed by atoms with Crippen LogP contribution in [0.4, 0.5) is 0 Å². The second kappa shape index (κ2) is 7.82. The average Bonchev–Trinajstić information content (AvgIpc) is 2.26. The third-order valence-corrected chi connectivity index (χ3v) is 10.2. The SMILES string of the molecule is CCOC#CC(C)(O[SiH](C)C(C)(C)C)O[SiH](C)C(C)(C)C. The molecule has 3 nitrogen and oxygen atoms in total. The van der Waals surface area contributed by atoms with Crippen LogP contribution in [0.3, 0.4) is 0 Å². The maximum atomic E-state index is 6.31. The molecule has 0 aromatic carbocycles. The van der Waals surface area contributed by atoms with Crippen LogP contribution in [0.25, 0.3) is 0 Å². The molecule has 2 unspecified atom stereocenters. The van der Waals surface area contributed by atoms with Crippen molar-refractivity contribution in [1.82, 2.24) is 0 Å². The number of rotatable bonds is 5. The molecule has 0 amide bonds. The van der Waals surface area contributed by atoms with Crippen molar-refractivity contribution >= 4 is 18.1 Å². The summed E-state index contributed by atoms with van der Waals surface area (Å²) in [6.45, 7) is 22.1. The zero-order chi connectivity index (χ0) is 16.9.